The fourth-order valence-corrected chi connectivity index (χ4v) is 7.50. The number of hydrogen-bond acceptors (Lipinski definition) is 9. The topological polar surface area (TPSA) is 130 Å². The zero-order valence-electron chi connectivity index (χ0n) is 16.8. The second kappa shape index (κ2) is 9.81. The number of amides is 2. The number of fused-ring (bicyclic) bond motifs is 1. The molecule has 4 rings (SSSR count). The monoisotopic (exact) mass is 513 g/mol. The average molecular weight is 514 g/mol. The quantitative estimate of drug-likeness (QED) is 0.382. The summed E-state index contributed by atoms with van der Waals surface area (Å²) in [5.74, 6) is -1.06. The number of β-lactam (4-membered cyclic amide) rings is 1. The van der Waals surface area contributed by atoms with Gasteiger partial charge in [0.05, 0.1) is 21.2 Å². The Kier molecular flexibility index (Phi) is 7.08. The number of carbonyl (C=O) groups is 3. The SMILES string of the molecule is CCc1ncc(SCC2=C(C(=O)O)N3C(=O)C(NC(=O)CS(=O)c4cccs4)C3SC2)o1. The highest BCUT2D eigenvalue weighted by molar-refractivity contribution is 8.01. The predicted molar refractivity (Wildman–Crippen MR) is 122 cm³/mol. The molecule has 4 heterocycles. The van der Waals surface area contributed by atoms with Crippen LogP contribution >= 0.6 is 34.9 Å². The minimum absolute atomic E-state index is 0.0471. The minimum atomic E-state index is -1.48. The molecule has 0 aliphatic carbocycles. The van der Waals surface area contributed by atoms with Gasteiger partial charge in [-0.1, -0.05) is 24.8 Å². The molecule has 32 heavy (non-hydrogen) atoms. The van der Waals surface area contributed by atoms with Crippen molar-refractivity contribution in [2.45, 2.75) is 34.1 Å². The molecule has 0 saturated carbocycles. The molecular weight excluding hydrogens is 494 g/mol. The van der Waals surface area contributed by atoms with Crippen LogP contribution in [0.2, 0.25) is 0 Å². The molecule has 1 fully saturated rings. The van der Waals surface area contributed by atoms with Crippen molar-refractivity contribution < 1.29 is 28.1 Å². The molecule has 0 spiro atoms. The van der Waals surface area contributed by atoms with Crippen molar-refractivity contribution in [3.63, 3.8) is 0 Å². The van der Waals surface area contributed by atoms with Gasteiger partial charge in [-0.05, 0) is 17.0 Å². The van der Waals surface area contributed by atoms with Crippen LogP contribution in [0.5, 0.6) is 0 Å². The summed E-state index contributed by atoms with van der Waals surface area (Å²) in [5, 5.41) is 14.2. The summed E-state index contributed by atoms with van der Waals surface area (Å²) in [4.78, 5) is 42.3. The summed E-state index contributed by atoms with van der Waals surface area (Å²) in [6.45, 7) is 1.92. The van der Waals surface area contributed by atoms with Gasteiger partial charge < -0.3 is 14.8 Å². The Morgan fingerprint density at radius 2 is 2.28 bits per heavy atom. The first kappa shape index (κ1) is 23.1. The van der Waals surface area contributed by atoms with E-state index >= 15 is 0 Å². The zero-order valence-corrected chi connectivity index (χ0v) is 20.1. The van der Waals surface area contributed by atoms with Crippen LogP contribution in [-0.4, -0.2) is 65.7 Å². The number of aromatic nitrogens is 1. The van der Waals surface area contributed by atoms with Crippen molar-refractivity contribution >= 4 is 63.4 Å². The number of nitrogens with zero attached hydrogens (tertiary/aromatic N) is 2. The Morgan fingerprint density at radius 3 is 2.94 bits per heavy atom. The van der Waals surface area contributed by atoms with Crippen molar-refractivity contribution in [2.75, 3.05) is 17.3 Å². The van der Waals surface area contributed by atoms with Crippen LogP contribution in [0.3, 0.4) is 0 Å². The normalized spacial score (nSPS) is 21.2. The van der Waals surface area contributed by atoms with E-state index in [1.165, 1.54) is 39.8 Å². The lowest BCUT2D eigenvalue weighted by Gasteiger charge is -2.49. The molecule has 2 aromatic rings. The number of carboxylic acid groups (broad SMARTS) is 1. The molecule has 2 N–H and O–H groups in total. The largest absolute Gasteiger partial charge is 0.477 e. The average Bonchev–Trinajstić information content (AvgIpc) is 3.47. The first-order valence-corrected chi connectivity index (χ1v) is 13.8. The number of nitrogens with one attached hydrogen (secondary N) is 1. The summed E-state index contributed by atoms with van der Waals surface area (Å²) in [6.07, 6.45) is 2.27. The van der Waals surface area contributed by atoms with Crippen LogP contribution in [0.4, 0.5) is 0 Å². The predicted octanol–water partition coefficient (Wildman–Crippen LogP) is 1.94. The van der Waals surface area contributed by atoms with Crippen LogP contribution in [0, 0.1) is 0 Å². The van der Waals surface area contributed by atoms with Crippen LogP contribution in [0.15, 0.2) is 48.7 Å². The van der Waals surface area contributed by atoms with Gasteiger partial charge in [-0.2, -0.15) is 0 Å². The third kappa shape index (κ3) is 4.65. The number of aryl methyl sites for hydroxylation is 1. The van der Waals surface area contributed by atoms with Gasteiger partial charge >= 0.3 is 5.97 Å². The van der Waals surface area contributed by atoms with Gasteiger partial charge in [0.25, 0.3) is 5.91 Å². The van der Waals surface area contributed by atoms with E-state index < -0.39 is 40.0 Å². The van der Waals surface area contributed by atoms with E-state index in [0.29, 0.717) is 38.7 Å². The van der Waals surface area contributed by atoms with Crippen molar-refractivity contribution in [3.8, 4) is 0 Å². The molecule has 0 bridgehead atoms. The Hall–Kier alpha value is -2.09. The molecular formula is C19H19N3O6S4. The third-order valence-electron chi connectivity index (χ3n) is 4.77. The summed E-state index contributed by atoms with van der Waals surface area (Å²) in [5.41, 5.74) is 0.560. The van der Waals surface area contributed by atoms with E-state index in [1.807, 2.05) is 6.92 Å². The molecule has 2 aliphatic rings. The lowest BCUT2D eigenvalue weighted by atomic mass is 10.0. The van der Waals surface area contributed by atoms with Gasteiger partial charge in [0.15, 0.2) is 11.0 Å². The Bertz CT molecular complexity index is 1100. The Balaban J connectivity index is 1.40. The Morgan fingerprint density at radius 1 is 1.47 bits per heavy atom. The summed E-state index contributed by atoms with van der Waals surface area (Å²) < 4.78 is 18.4. The molecule has 2 amide bonds. The standard InChI is InChI=1S/C19H19N3O6S4/c1-2-12-20-6-13(28-12)30-7-10-8-31-18-15(17(24)22(18)16(10)19(25)26)21-11(23)9-32(27)14-4-3-5-29-14/h3-6,15,18H,2,7-9H2,1H3,(H,21,23)(H,25,26). The molecule has 9 nitrogen and oxygen atoms in total. The first-order chi connectivity index (χ1) is 15.4. The highest BCUT2D eigenvalue weighted by Crippen LogP contribution is 2.41. The van der Waals surface area contributed by atoms with Crippen molar-refractivity contribution in [2.24, 2.45) is 0 Å². The second-order valence-corrected chi connectivity index (χ2v) is 11.6. The Labute approximate surface area is 198 Å². The first-order valence-electron chi connectivity index (χ1n) is 9.57. The highest BCUT2D eigenvalue weighted by Gasteiger charge is 2.54. The lowest BCUT2D eigenvalue weighted by molar-refractivity contribution is -0.150. The number of hydrogen-bond donors (Lipinski definition) is 2. The summed E-state index contributed by atoms with van der Waals surface area (Å²) in [7, 11) is -1.48. The van der Waals surface area contributed by atoms with E-state index in [0.717, 1.165) is 0 Å². The van der Waals surface area contributed by atoms with Crippen molar-refractivity contribution in [1.82, 2.24) is 15.2 Å². The molecule has 1 saturated heterocycles. The maximum Gasteiger partial charge on any atom is 0.352 e. The van der Waals surface area contributed by atoms with Gasteiger partial charge in [0.2, 0.25) is 5.91 Å². The van der Waals surface area contributed by atoms with Crippen LogP contribution in [-0.2, 0) is 31.6 Å². The third-order valence-corrected chi connectivity index (χ3v) is 9.69. The summed E-state index contributed by atoms with van der Waals surface area (Å²) >= 11 is 4.02. The number of thiophene rings is 1. The lowest BCUT2D eigenvalue weighted by Crippen LogP contribution is -2.70. The number of aliphatic carboxylic acids is 1. The van der Waals surface area contributed by atoms with Crippen LogP contribution < -0.4 is 5.32 Å². The molecule has 0 radical (unpaired) electrons. The van der Waals surface area contributed by atoms with E-state index in [2.05, 4.69) is 10.3 Å². The second-order valence-electron chi connectivity index (χ2n) is 6.85. The summed E-state index contributed by atoms with van der Waals surface area (Å²) in [6, 6.07) is 2.60. The van der Waals surface area contributed by atoms with E-state index in [9.17, 15) is 23.7 Å². The van der Waals surface area contributed by atoms with E-state index in [1.54, 1.807) is 23.7 Å². The molecule has 2 aliphatic heterocycles. The molecule has 3 unspecified atom stereocenters. The maximum atomic E-state index is 12.7. The van der Waals surface area contributed by atoms with Crippen molar-refractivity contribution in [1.29, 1.82) is 0 Å². The van der Waals surface area contributed by atoms with Gasteiger partial charge in [0, 0.05) is 17.9 Å². The van der Waals surface area contributed by atoms with E-state index in [4.69, 9.17) is 4.42 Å². The number of oxazole rings is 1. The smallest absolute Gasteiger partial charge is 0.352 e. The minimum Gasteiger partial charge on any atom is -0.477 e. The number of rotatable bonds is 9. The van der Waals surface area contributed by atoms with Crippen LogP contribution in [0.25, 0.3) is 0 Å². The number of carboxylic acids is 1. The van der Waals surface area contributed by atoms with Gasteiger partial charge in [0.1, 0.15) is 22.9 Å². The van der Waals surface area contributed by atoms with E-state index in [-0.39, 0.29) is 11.4 Å². The molecule has 3 atom stereocenters. The maximum absolute atomic E-state index is 12.7. The molecule has 170 valence electrons. The molecule has 13 heteroatoms. The highest BCUT2D eigenvalue weighted by atomic mass is 32.2. The molecule has 0 aromatic carbocycles. The number of carbonyl (C=O) groups excluding carboxylic acids is 2. The zero-order chi connectivity index (χ0) is 22.8. The van der Waals surface area contributed by atoms with Gasteiger partial charge in [-0.3, -0.25) is 18.7 Å². The number of thioether (sulfide) groups is 2. The van der Waals surface area contributed by atoms with Crippen LogP contribution in [0.1, 0.15) is 12.8 Å². The fraction of sp³-hybridized carbons (Fsp3) is 0.368. The van der Waals surface area contributed by atoms with Crippen molar-refractivity contribution in [3.05, 3.63) is 40.9 Å². The molecule has 2 aromatic heterocycles. The van der Waals surface area contributed by atoms with Gasteiger partial charge in [-0.15, -0.1) is 23.1 Å². The van der Waals surface area contributed by atoms with Gasteiger partial charge in [-0.25, -0.2) is 9.78 Å². The fourth-order valence-electron chi connectivity index (χ4n) is 3.27.